The van der Waals surface area contributed by atoms with E-state index < -0.39 is 11.9 Å². The Morgan fingerprint density at radius 3 is 2.64 bits per heavy atom. The van der Waals surface area contributed by atoms with Crippen LogP contribution in [-0.4, -0.2) is 30.2 Å². The van der Waals surface area contributed by atoms with E-state index in [0.29, 0.717) is 17.9 Å². The lowest BCUT2D eigenvalue weighted by molar-refractivity contribution is -0.135. The van der Waals surface area contributed by atoms with Gasteiger partial charge in [0.25, 0.3) is 0 Å². The lowest BCUT2D eigenvalue weighted by Crippen LogP contribution is -2.50. The number of nitrogens with one attached hydrogen (secondary N) is 3. The van der Waals surface area contributed by atoms with Gasteiger partial charge in [-0.25, -0.2) is 0 Å². The molecule has 1 atom stereocenters. The molecule has 9 heteroatoms. The zero-order chi connectivity index (χ0) is 16.7. The molecule has 22 heavy (non-hydrogen) atoms. The molecule has 2 heterocycles. The van der Waals surface area contributed by atoms with E-state index in [0.717, 1.165) is 10.6 Å². The van der Waals surface area contributed by atoms with Crippen LogP contribution in [0.25, 0.3) is 0 Å². The second-order valence-electron chi connectivity index (χ2n) is 4.51. The molecule has 1 aliphatic rings. The number of halogens is 1. The largest absolute Gasteiger partial charge is 0.347 e. The van der Waals surface area contributed by atoms with E-state index in [9.17, 15) is 19.2 Å². The van der Waals surface area contributed by atoms with Crippen LogP contribution < -0.4 is 16.0 Å². The molecule has 1 fully saturated rings. The van der Waals surface area contributed by atoms with Crippen molar-refractivity contribution in [1.82, 2.24) is 10.6 Å². The van der Waals surface area contributed by atoms with Crippen molar-refractivity contribution in [2.75, 3.05) is 5.32 Å². The summed E-state index contributed by atoms with van der Waals surface area (Å²) < 4.78 is 0. The summed E-state index contributed by atoms with van der Waals surface area (Å²) in [4.78, 5) is 42.0. The molecule has 0 bridgehead atoms. The lowest BCUT2D eigenvalue weighted by atomic mass is 10.1. The van der Waals surface area contributed by atoms with Gasteiger partial charge in [0.2, 0.25) is 24.1 Å². The SMILES string of the molecule is CC(=O)Nc1scc(Cl)c1C.O=CNC1CCC(=O)NC1=O. The molecular weight excluding hydrogens is 330 g/mol. The molecule has 4 amide bonds. The van der Waals surface area contributed by atoms with Crippen molar-refractivity contribution >= 4 is 52.1 Å². The number of anilines is 1. The van der Waals surface area contributed by atoms with E-state index in [2.05, 4.69) is 16.0 Å². The topological polar surface area (TPSA) is 104 Å². The zero-order valence-corrected chi connectivity index (χ0v) is 13.6. The predicted molar refractivity (Wildman–Crippen MR) is 83.7 cm³/mol. The van der Waals surface area contributed by atoms with Crippen molar-refractivity contribution < 1.29 is 19.2 Å². The maximum atomic E-state index is 10.8. The number of rotatable bonds is 3. The first-order valence-corrected chi connectivity index (χ1v) is 7.65. The number of carbonyl (C=O) groups is 4. The van der Waals surface area contributed by atoms with Crippen LogP contribution in [0.3, 0.4) is 0 Å². The molecular formula is C13H16ClN3O4S. The van der Waals surface area contributed by atoms with Gasteiger partial charge in [0.05, 0.1) is 10.0 Å². The molecule has 0 radical (unpaired) electrons. The van der Waals surface area contributed by atoms with Crippen LogP contribution in [0.15, 0.2) is 5.38 Å². The average Bonchev–Trinajstić information content (AvgIpc) is 2.74. The third kappa shape index (κ3) is 5.45. The van der Waals surface area contributed by atoms with Crippen molar-refractivity contribution in [1.29, 1.82) is 0 Å². The van der Waals surface area contributed by atoms with Crippen LogP contribution in [0.4, 0.5) is 5.00 Å². The summed E-state index contributed by atoms with van der Waals surface area (Å²) in [5.74, 6) is -0.765. The first kappa shape index (κ1) is 18.1. The Bertz CT molecular complexity index is 588. The molecule has 3 N–H and O–H groups in total. The third-order valence-electron chi connectivity index (χ3n) is 2.78. The molecule has 1 saturated heterocycles. The minimum absolute atomic E-state index is 0.0633. The fourth-order valence-corrected chi connectivity index (χ4v) is 2.79. The fraction of sp³-hybridized carbons (Fsp3) is 0.385. The standard InChI is InChI=1S/C7H8ClNOS.C6H8N2O3/c1-4-6(8)3-11-7(4)9-5(2)10;9-3-7-4-1-2-5(10)8-6(4)11/h3H,1-2H3,(H,9,10);3-4H,1-2H2,(H,7,9)(H,8,10,11). The highest BCUT2D eigenvalue weighted by Crippen LogP contribution is 2.30. The van der Waals surface area contributed by atoms with Crippen LogP contribution in [0.5, 0.6) is 0 Å². The molecule has 0 spiro atoms. The Hall–Kier alpha value is -1.93. The highest BCUT2D eigenvalue weighted by molar-refractivity contribution is 7.15. The molecule has 0 aliphatic carbocycles. The lowest BCUT2D eigenvalue weighted by Gasteiger charge is -2.19. The van der Waals surface area contributed by atoms with Gasteiger partial charge in [0.1, 0.15) is 6.04 Å². The number of carbonyl (C=O) groups excluding carboxylic acids is 4. The summed E-state index contributed by atoms with van der Waals surface area (Å²) in [6.45, 7) is 3.36. The summed E-state index contributed by atoms with van der Waals surface area (Å²) in [6, 6.07) is -0.537. The second-order valence-corrected chi connectivity index (χ2v) is 5.79. The molecule has 0 saturated carbocycles. The van der Waals surface area contributed by atoms with Crippen molar-refractivity contribution in [2.45, 2.75) is 32.7 Å². The normalized spacial score (nSPS) is 17.0. The fourth-order valence-electron chi connectivity index (χ4n) is 1.61. The van der Waals surface area contributed by atoms with Crippen LogP contribution in [0, 0.1) is 6.92 Å². The summed E-state index contributed by atoms with van der Waals surface area (Å²) in [7, 11) is 0. The van der Waals surface area contributed by atoms with Crippen LogP contribution in [0.2, 0.25) is 5.02 Å². The quantitative estimate of drug-likeness (QED) is 0.565. The average molecular weight is 346 g/mol. The number of amides is 4. The molecule has 1 aromatic heterocycles. The summed E-state index contributed by atoms with van der Waals surface area (Å²) in [6.07, 6.45) is 1.14. The Labute approximate surface area is 136 Å². The minimum atomic E-state index is -0.537. The Balaban J connectivity index is 0.000000220. The smallest absolute Gasteiger partial charge is 0.249 e. The van der Waals surface area contributed by atoms with Crippen LogP contribution in [0.1, 0.15) is 25.3 Å². The van der Waals surface area contributed by atoms with Gasteiger partial charge in [-0.05, 0) is 13.3 Å². The Morgan fingerprint density at radius 2 is 2.18 bits per heavy atom. The Morgan fingerprint density at radius 1 is 1.50 bits per heavy atom. The van der Waals surface area contributed by atoms with Crippen molar-refractivity contribution in [2.24, 2.45) is 0 Å². The van der Waals surface area contributed by atoms with Gasteiger partial charge < -0.3 is 10.6 Å². The molecule has 1 unspecified atom stereocenters. The summed E-state index contributed by atoms with van der Waals surface area (Å²) in [5, 5.41) is 10.5. The Kier molecular flexibility index (Phi) is 7.00. The van der Waals surface area contributed by atoms with Crippen molar-refractivity contribution in [3.05, 3.63) is 16.0 Å². The molecule has 1 aliphatic heterocycles. The van der Waals surface area contributed by atoms with Gasteiger partial charge in [-0.3, -0.25) is 24.5 Å². The molecule has 0 aromatic carbocycles. The highest BCUT2D eigenvalue weighted by Gasteiger charge is 2.25. The van der Waals surface area contributed by atoms with Gasteiger partial charge in [-0.15, -0.1) is 11.3 Å². The summed E-state index contributed by atoms with van der Waals surface area (Å²) in [5.41, 5.74) is 0.937. The first-order valence-electron chi connectivity index (χ1n) is 6.39. The first-order chi connectivity index (χ1) is 10.3. The van der Waals surface area contributed by atoms with Gasteiger partial charge in [0.15, 0.2) is 0 Å². The monoisotopic (exact) mass is 345 g/mol. The molecule has 120 valence electrons. The molecule has 7 nitrogen and oxygen atoms in total. The molecule has 1 aromatic rings. The van der Waals surface area contributed by atoms with Gasteiger partial charge in [-0.2, -0.15) is 0 Å². The van der Waals surface area contributed by atoms with Gasteiger partial charge in [-0.1, -0.05) is 11.6 Å². The van der Waals surface area contributed by atoms with Gasteiger partial charge in [0, 0.05) is 24.3 Å². The van der Waals surface area contributed by atoms with Crippen LogP contribution in [-0.2, 0) is 19.2 Å². The van der Waals surface area contributed by atoms with Crippen molar-refractivity contribution in [3.8, 4) is 0 Å². The number of hydrogen-bond donors (Lipinski definition) is 3. The second kappa shape index (κ2) is 8.50. The molecule has 2 rings (SSSR count). The highest BCUT2D eigenvalue weighted by atomic mass is 35.5. The summed E-state index contributed by atoms with van der Waals surface area (Å²) >= 11 is 7.21. The number of imide groups is 1. The maximum absolute atomic E-state index is 10.8. The number of hydrogen-bond acceptors (Lipinski definition) is 5. The third-order valence-corrected chi connectivity index (χ3v) is 4.30. The van der Waals surface area contributed by atoms with E-state index >= 15 is 0 Å². The minimum Gasteiger partial charge on any atom is -0.347 e. The van der Waals surface area contributed by atoms with E-state index in [1.54, 1.807) is 0 Å². The number of thiophene rings is 1. The van der Waals surface area contributed by atoms with E-state index in [1.165, 1.54) is 18.3 Å². The van der Waals surface area contributed by atoms with Crippen LogP contribution >= 0.6 is 22.9 Å². The zero-order valence-electron chi connectivity index (χ0n) is 12.1. The van der Waals surface area contributed by atoms with E-state index in [1.807, 2.05) is 12.3 Å². The maximum Gasteiger partial charge on any atom is 0.249 e. The van der Waals surface area contributed by atoms with E-state index in [4.69, 9.17) is 11.6 Å². The predicted octanol–water partition coefficient (Wildman–Crippen LogP) is 1.21. The van der Waals surface area contributed by atoms with Gasteiger partial charge >= 0.3 is 0 Å². The van der Waals surface area contributed by atoms with E-state index in [-0.39, 0.29) is 18.2 Å². The van der Waals surface area contributed by atoms with Crippen molar-refractivity contribution in [3.63, 3.8) is 0 Å². The number of piperidine rings is 1.